The van der Waals surface area contributed by atoms with Crippen molar-refractivity contribution in [2.45, 2.75) is 19.3 Å². The molecule has 0 bridgehead atoms. The van der Waals surface area contributed by atoms with Gasteiger partial charge in [-0.2, -0.15) is 0 Å². The molecule has 0 radical (unpaired) electrons. The Morgan fingerprint density at radius 2 is 1.77 bits per heavy atom. The van der Waals surface area contributed by atoms with Crippen molar-refractivity contribution in [2.24, 2.45) is 0 Å². The molecule has 0 aliphatic carbocycles. The molecule has 160 valence electrons. The number of hydrogen-bond donors (Lipinski definition) is 1. The van der Waals surface area contributed by atoms with Crippen molar-refractivity contribution >= 4 is 86.0 Å². The zero-order chi connectivity index (χ0) is 21.8. The minimum Gasteiger partial charge on any atom is -0.480 e. The molecule has 2 saturated heterocycles. The Kier molecular flexibility index (Phi) is 8.01. The fourth-order valence-corrected chi connectivity index (χ4v) is 6.07. The maximum Gasteiger partial charge on any atom is 0.341 e. The molecule has 2 fully saturated rings. The lowest BCUT2D eigenvalue weighted by Crippen LogP contribution is -2.44. The van der Waals surface area contributed by atoms with E-state index in [1.54, 1.807) is 23.1 Å². The van der Waals surface area contributed by atoms with Crippen molar-refractivity contribution in [1.82, 2.24) is 9.80 Å². The molecule has 30 heavy (non-hydrogen) atoms. The number of carboxylic acids is 1. The number of ether oxygens (including phenoxy) is 1. The summed E-state index contributed by atoms with van der Waals surface area (Å²) in [4.78, 5) is 51.1. The number of benzene rings is 1. The average molecular weight is 656 g/mol. The monoisotopic (exact) mass is 656 g/mol. The van der Waals surface area contributed by atoms with Crippen molar-refractivity contribution in [1.29, 1.82) is 0 Å². The Morgan fingerprint density at radius 3 is 2.37 bits per heavy atom. The van der Waals surface area contributed by atoms with Crippen LogP contribution in [-0.4, -0.2) is 64.2 Å². The van der Waals surface area contributed by atoms with Crippen LogP contribution in [0.5, 0.6) is 5.75 Å². The van der Waals surface area contributed by atoms with Crippen molar-refractivity contribution in [2.75, 3.05) is 26.2 Å². The number of carbonyl (C=O) groups is 4. The Bertz CT molecular complexity index is 907. The van der Waals surface area contributed by atoms with E-state index in [9.17, 15) is 19.2 Å². The predicted molar refractivity (Wildman–Crippen MR) is 128 cm³/mol. The molecule has 3 amide bonds. The van der Waals surface area contributed by atoms with Gasteiger partial charge < -0.3 is 14.7 Å². The van der Waals surface area contributed by atoms with Crippen LogP contribution in [0.4, 0.5) is 4.79 Å². The first-order valence-electron chi connectivity index (χ1n) is 9.13. The lowest BCUT2D eigenvalue weighted by molar-refractivity contribution is -0.139. The summed E-state index contributed by atoms with van der Waals surface area (Å²) in [5.74, 6) is -1.30. The highest BCUT2D eigenvalue weighted by Crippen LogP contribution is 2.34. The van der Waals surface area contributed by atoms with E-state index in [0.29, 0.717) is 31.5 Å². The number of aliphatic carboxylic acids is 1. The highest BCUT2D eigenvalue weighted by Gasteiger charge is 2.37. The van der Waals surface area contributed by atoms with Crippen molar-refractivity contribution in [3.63, 3.8) is 0 Å². The van der Waals surface area contributed by atoms with Crippen molar-refractivity contribution in [3.05, 3.63) is 29.7 Å². The summed E-state index contributed by atoms with van der Waals surface area (Å²) in [6, 6.07) is 3.49. The highest BCUT2D eigenvalue weighted by atomic mass is 127. The molecule has 0 saturated carbocycles. The molecule has 8 nitrogen and oxygen atoms in total. The summed E-state index contributed by atoms with van der Waals surface area (Å²) in [7, 11) is 0. The summed E-state index contributed by atoms with van der Waals surface area (Å²) in [5, 5.41) is 8.33. The van der Waals surface area contributed by atoms with E-state index in [2.05, 4.69) is 0 Å². The van der Waals surface area contributed by atoms with Crippen LogP contribution in [0.25, 0.3) is 6.08 Å². The topological polar surface area (TPSA) is 104 Å². The minimum atomic E-state index is -1.07. The van der Waals surface area contributed by atoms with Crippen LogP contribution in [0.2, 0.25) is 0 Å². The number of hydrogen-bond acceptors (Lipinski definition) is 6. The number of amides is 3. The maximum atomic E-state index is 12.7. The van der Waals surface area contributed by atoms with Crippen LogP contribution >= 0.6 is 56.9 Å². The second kappa shape index (κ2) is 10.3. The van der Waals surface area contributed by atoms with Gasteiger partial charge in [-0.3, -0.25) is 19.3 Å². The molecule has 0 unspecified atom stereocenters. The van der Waals surface area contributed by atoms with E-state index in [1.165, 1.54) is 0 Å². The fraction of sp³-hybridized carbons (Fsp3) is 0.368. The summed E-state index contributed by atoms with van der Waals surface area (Å²) in [5.41, 5.74) is 0.680. The van der Waals surface area contributed by atoms with Gasteiger partial charge in [0.25, 0.3) is 11.1 Å². The third kappa shape index (κ3) is 5.66. The standard InChI is InChI=1S/C19H18I2N2O6S/c20-12-6-11(7-13(21)17(12)29-10-16(25)26)8-14-18(27)23(19(28)30-14)9-15(24)22-4-2-1-3-5-22/h6-8H,1-5,9-10H2,(H,25,26)/b14-8-. The molecule has 0 atom stereocenters. The lowest BCUT2D eigenvalue weighted by atomic mass is 10.1. The normalized spacial score (nSPS) is 18.3. The van der Waals surface area contributed by atoms with E-state index in [0.717, 1.165) is 35.9 Å². The molecule has 1 N–H and O–H groups in total. The summed E-state index contributed by atoms with van der Waals surface area (Å²) >= 11 is 4.86. The van der Waals surface area contributed by atoms with Crippen LogP contribution in [0.15, 0.2) is 17.0 Å². The SMILES string of the molecule is O=C(O)COc1c(I)cc(/C=C2\SC(=O)N(CC(=O)N3CCCCC3)C2=O)cc1I. The molecule has 11 heteroatoms. The second-order valence-corrected chi connectivity index (χ2v) is 10.0. The Labute approximate surface area is 204 Å². The Morgan fingerprint density at radius 1 is 1.13 bits per heavy atom. The first-order chi connectivity index (χ1) is 14.3. The van der Waals surface area contributed by atoms with Gasteiger partial charge in [0, 0.05) is 13.1 Å². The third-order valence-corrected chi connectivity index (χ3v) is 7.04. The number of carboxylic acid groups (broad SMARTS) is 1. The van der Waals surface area contributed by atoms with Gasteiger partial charge in [0.1, 0.15) is 12.3 Å². The number of piperidine rings is 1. The number of likely N-dealkylation sites (tertiary alicyclic amines) is 1. The fourth-order valence-electron chi connectivity index (χ4n) is 3.10. The second-order valence-electron chi connectivity index (χ2n) is 6.71. The number of nitrogens with zero attached hydrogens (tertiary/aromatic N) is 2. The first kappa shape index (κ1) is 23.3. The predicted octanol–water partition coefficient (Wildman–Crippen LogP) is 3.41. The summed E-state index contributed by atoms with van der Waals surface area (Å²) in [6.45, 7) is 0.643. The highest BCUT2D eigenvalue weighted by molar-refractivity contribution is 14.1. The summed E-state index contributed by atoms with van der Waals surface area (Å²) < 4.78 is 6.67. The van der Waals surface area contributed by atoms with Crippen LogP contribution in [-0.2, 0) is 14.4 Å². The number of halogens is 2. The van der Waals surface area contributed by atoms with Crippen LogP contribution in [0.1, 0.15) is 24.8 Å². The molecular weight excluding hydrogens is 638 g/mol. The first-order valence-corrected chi connectivity index (χ1v) is 12.1. The van der Waals surface area contributed by atoms with Gasteiger partial charge in [0.15, 0.2) is 6.61 Å². The maximum absolute atomic E-state index is 12.7. The molecule has 0 spiro atoms. The van der Waals surface area contributed by atoms with Gasteiger partial charge in [0.2, 0.25) is 5.91 Å². The molecule has 1 aromatic rings. The van der Waals surface area contributed by atoms with Crippen LogP contribution in [0, 0.1) is 7.14 Å². The molecule has 1 aromatic carbocycles. The smallest absolute Gasteiger partial charge is 0.341 e. The minimum absolute atomic E-state index is 0.206. The average Bonchev–Trinajstić information content (AvgIpc) is 2.95. The van der Waals surface area contributed by atoms with E-state index in [-0.39, 0.29) is 17.4 Å². The van der Waals surface area contributed by atoms with Crippen LogP contribution in [0.3, 0.4) is 0 Å². The quantitative estimate of drug-likeness (QED) is 0.370. The van der Waals surface area contributed by atoms with Gasteiger partial charge in [-0.1, -0.05) is 0 Å². The summed E-state index contributed by atoms with van der Waals surface area (Å²) in [6.07, 6.45) is 4.57. The van der Waals surface area contributed by atoms with Gasteiger partial charge in [-0.15, -0.1) is 0 Å². The van der Waals surface area contributed by atoms with Crippen LogP contribution < -0.4 is 4.74 Å². The molecule has 2 heterocycles. The molecule has 2 aliphatic heterocycles. The number of carbonyl (C=O) groups excluding carboxylic acids is 3. The zero-order valence-electron chi connectivity index (χ0n) is 15.7. The van der Waals surface area contributed by atoms with Gasteiger partial charge in [0.05, 0.1) is 12.0 Å². The van der Waals surface area contributed by atoms with E-state index >= 15 is 0 Å². The number of rotatable bonds is 6. The molecule has 3 rings (SSSR count). The third-order valence-electron chi connectivity index (χ3n) is 4.53. The van der Waals surface area contributed by atoms with Gasteiger partial charge in [-0.05, 0) is 100.0 Å². The van der Waals surface area contributed by atoms with E-state index in [1.807, 2.05) is 45.2 Å². The van der Waals surface area contributed by atoms with Crippen molar-refractivity contribution < 1.29 is 29.0 Å². The number of imide groups is 1. The molecule has 0 aromatic heterocycles. The number of thioether (sulfide) groups is 1. The lowest BCUT2D eigenvalue weighted by Gasteiger charge is -2.27. The van der Waals surface area contributed by atoms with E-state index < -0.39 is 23.7 Å². The van der Waals surface area contributed by atoms with Crippen molar-refractivity contribution in [3.8, 4) is 5.75 Å². The zero-order valence-corrected chi connectivity index (χ0v) is 20.9. The van der Waals surface area contributed by atoms with Gasteiger partial charge in [-0.25, -0.2) is 4.79 Å². The Hall–Kier alpha value is -1.35. The van der Waals surface area contributed by atoms with Gasteiger partial charge >= 0.3 is 5.97 Å². The Balaban J connectivity index is 1.73. The largest absolute Gasteiger partial charge is 0.480 e. The van der Waals surface area contributed by atoms with E-state index in [4.69, 9.17) is 9.84 Å². The molecular formula is C19H18I2N2O6S. The molecule has 2 aliphatic rings.